The molecule has 0 amide bonds. The molecule has 7 nitrogen and oxygen atoms in total. The molecule has 5 atom stereocenters. The van der Waals surface area contributed by atoms with Gasteiger partial charge in [-0.1, -0.05) is 0 Å². The third-order valence-corrected chi connectivity index (χ3v) is 7.48. The van der Waals surface area contributed by atoms with Gasteiger partial charge in [-0.25, -0.2) is 0 Å². The molecule has 158 valence electrons. The molecule has 0 saturated carbocycles. The first-order chi connectivity index (χ1) is 14.6. The van der Waals surface area contributed by atoms with Gasteiger partial charge in [-0.3, -0.25) is 0 Å². The topological polar surface area (TPSA) is 85.7 Å². The van der Waals surface area contributed by atoms with E-state index in [-0.39, 0.29) is 38.3 Å². The van der Waals surface area contributed by atoms with Crippen LogP contribution >= 0.6 is 0 Å². The first kappa shape index (κ1) is 21.3. The summed E-state index contributed by atoms with van der Waals surface area (Å²) >= 11 is -0.0567. The fraction of sp³-hybridized carbons (Fsp3) is 0.455. The van der Waals surface area contributed by atoms with Crippen LogP contribution in [0.25, 0.3) is 10.4 Å². The maximum atomic E-state index is 9.17. The van der Waals surface area contributed by atoms with E-state index in [2.05, 4.69) is 22.2 Å². The van der Waals surface area contributed by atoms with Crippen molar-refractivity contribution in [3.8, 4) is 0 Å². The van der Waals surface area contributed by atoms with E-state index < -0.39 is 11.8 Å². The predicted molar refractivity (Wildman–Crippen MR) is 113 cm³/mol. The number of hydrogen-bond donors (Lipinski definition) is 0. The van der Waals surface area contributed by atoms with Crippen molar-refractivity contribution in [2.45, 2.75) is 55.6 Å². The monoisotopic (exact) mass is 475 g/mol. The molecule has 0 N–H and O–H groups in total. The fourth-order valence-corrected chi connectivity index (χ4v) is 6.14. The molecule has 0 radical (unpaired) electrons. The van der Waals surface area contributed by atoms with Crippen LogP contribution in [0.2, 0.25) is 0 Å². The summed E-state index contributed by atoms with van der Waals surface area (Å²) < 4.78 is 25.9. The van der Waals surface area contributed by atoms with Crippen LogP contribution in [0.1, 0.15) is 19.4 Å². The number of nitrogens with zero attached hydrogens (tertiary/aromatic N) is 3. The SMILES string of the molecule is CC1(C)O[C@@H]2[C@@H](N=[N+]=[N-])[C@@H]([Se]c3ccccc3)O[C@H](COCc3ccccc3)[C@@H]2O1. The van der Waals surface area contributed by atoms with Gasteiger partial charge in [0, 0.05) is 0 Å². The van der Waals surface area contributed by atoms with Crippen molar-refractivity contribution < 1.29 is 18.9 Å². The van der Waals surface area contributed by atoms with Crippen LogP contribution in [0.5, 0.6) is 0 Å². The molecular formula is C22H25N3O4Se. The molecule has 0 aromatic heterocycles. The van der Waals surface area contributed by atoms with Gasteiger partial charge in [-0.2, -0.15) is 0 Å². The Morgan fingerprint density at radius 3 is 2.40 bits per heavy atom. The van der Waals surface area contributed by atoms with Crippen LogP contribution in [-0.2, 0) is 25.6 Å². The Balaban J connectivity index is 1.52. The van der Waals surface area contributed by atoms with Crippen LogP contribution in [0.15, 0.2) is 65.8 Å². The summed E-state index contributed by atoms with van der Waals surface area (Å²) in [7, 11) is 0. The van der Waals surface area contributed by atoms with Gasteiger partial charge >= 0.3 is 182 Å². The zero-order valence-electron chi connectivity index (χ0n) is 17.0. The van der Waals surface area contributed by atoms with Crippen molar-refractivity contribution in [3.63, 3.8) is 0 Å². The predicted octanol–water partition coefficient (Wildman–Crippen LogP) is 3.16. The summed E-state index contributed by atoms with van der Waals surface area (Å²) in [5, 5.41) is 3.79. The van der Waals surface area contributed by atoms with Crippen LogP contribution < -0.4 is 4.46 Å². The van der Waals surface area contributed by atoms with Gasteiger partial charge in [0.2, 0.25) is 0 Å². The van der Waals surface area contributed by atoms with Crippen molar-refractivity contribution in [1.82, 2.24) is 0 Å². The molecule has 0 spiro atoms. The summed E-state index contributed by atoms with van der Waals surface area (Å²) in [5.41, 5.74) is 10.3. The number of azide groups is 1. The van der Waals surface area contributed by atoms with E-state index in [1.54, 1.807) is 0 Å². The molecule has 2 saturated heterocycles. The van der Waals surface area contributed by atoms with Gasteiger partial charge in [-0.05, 0) is 0 Å². The molecule has 2 aromatic carbocycles. The van der Waals surface area contributed by atoms with Gasteiger partial charge in [0.25, 0.3) is 0 Å². The molecule has 2 aliphatic heterocycles. The second kappa shape index (κ2) is 9.50. The number of ether oxygens (including phenoxy) is 4. The Bertz CT molecular complexity index is 876. The van der Waals surface area contributed by atoms with Gasteiger partial charge in [-0.15, -0.1) is 0 Å². The van der Waals surface area contributed by atoms with Gasteiger partial charge in [0.15, 0.2) is 0 Å². The maximum absolute atomic E-state index is 9.17. The summed E-state index contributed by atoms with van der Waals surface area (Å²) in [6, 6.07) is 19.7. The third kappa shape index (κ3) is 5.05. The number of fused-ring (bicyclic) bond motifs is 1. The molecule has 30 heavy (non-hydrogen) atoms. The van der Waals surface area contributed by atoms with Crippen LogP contribution in [0.3, 0.4) is 0 Å². The van der Waals surface area contributed by atoms with Crippen molar-refractivity contribution >= 4 is 19.4 Å². The standard InChI is InChI=1S/C22H25N3O4Se/c1-22(2)28-19-17(14-26-13-15-9-5-3-6-10-15)27-21(18(24-25-23)20(19)29-22)30-16-11-7-4-8-12-16/h3-12,17-21H,13-14H2,1-2H3/t17-,18-,19+,20-,21-/m1/s1. The molecule has 0 unspecified atom stereocenters. The molecule has 4 rings (SSSR count). The van der Waals surface area contributed by atoms with E-state index in [4.69, 9.17) is 18.9 Å². The van der Waals surface area contributed by atoms with Crippen molar-refractivity contribution in [3.05, 3.63) is 76.7 Å². The Labute approximate surface area is 182 Å². The molecule has 2 aliphatic rings. The molecule has 0 bridgehead atoms. The van der Waals surface area contributed by atoms with Crippen LogP contribution in [0.4, 0.5) is 0 Å². The first-order valence-electron chi connectivity index (χ1n) is 9.94. The van der Waals surface area contributed by atoms with Crippen molar-refractivity contribution in [1.29, 1.82) is 0 Å². The van der Waals surface area contributed by atoms with E-state index in [0.717, 1.165) is 5.56 Å². The molecule has 2 heterocycles. The average molecular weight is 474 g/mol. The van der Waals surface area contributed by atoms with E-state index in [1.807, 2.05) is 62.4 Å². The summed E-state index contributed by atoms with van der Waals surface area (Å²) in [4.78, 5) is 3.07. The third-order valence-electron chi connectivity index (χ3n) is 5.03. The Hall–Kier alpha value is -1.89. The van der Waals surface area contributed by atoms with Crippen molar-refractivity contribution in [2.75, 3.05) is 6.61 Å². The average Bonchev–Trinajstić information content (AvgIpc) is 3.07. The van der Waals surface area contributed by atoms with E-state index in [0.29, 0.717) is 13.2 Å². The van der Waals surface area contributed by atoms with E-state index >= 15 is 0 Å². The normalized spacial score (nSPS) is 29.7. The molecule has 8 heteroatoms. The second-order valence-corrected chi connectivity index (χ2v) is 10.2. The Morgan fingerprint density at radius 1 is 1.03 bits per heavy atom. The summed E-state index contributed by atoms with van der Waals surface area (Å²) in [6.45, 7) is 4.62. The minimum absolute atomic E-state index is 0.0567. The summed E-state index contributed by atoms with van der Waals surface area (Å²) in [5.74, 6) is -0.770. The number of benzene rings is 2. The number of hydrogen-bond acceptors (Lipinski definition) is 5. The van der Waals surface area contributed by atoms with Crippen LogP contribution in [0, 0.1) is 0 Å². The molecular weight excluding hydrogens is 449 g/mol. The second-order valence-electron chi connectivity index (χ2n) is 7.73. The Kier molecular flexibility index (Phi) is 6.76. The molecule has 0 aliphatic carbocycles. The van der Waals surface area contributed by atoms with Crippen LogP contribution in [-0.4, -0.2) is 56.7 Å². The summed E-state index contributed by atoms with van der Waals surface area (Å²) in [6.07, 6.45) is -1.03. The van der Waals surface area contributed by atoms with Gasteiger partial charge in [0.05, 0.1) is 0 Å². The minimum atomic E-state index is -0.770. The van der Waals surface area contributed by atoms with Crippen molar-refractivity contribution in [2.24, 2.45) is 5.11 Å². The molecule has 2 fully saturated rings. The van der Waals surface area contributed by atoms with Gasteiger partial charge < -0.3 is 0 Å². The van der Waals surface area contributed by atoms with Gasteiger partial charge in [0.1, 0.15) is 0 Å². The zero-order valence-corrected chi connectivity index (χ0v) is 18.7. The quantitative estimate of drug-likeness (QED) is 0.267. The zero-order chi connectivity index (χ0) is 21.0. The van der Waals surface area contributed by atoms with E-state index in [1.165, 1.54) is 4.46 Å². The molecule has 2 aromatic rings. The van der Waals surface area contributed by atoms with E-state index in [9.17, 15) is 5.53 Å². The fourth-order valence-electron chi connectivity index (χ4n) is 3.77. The first-order valence-corrected chi connectivity index (χ1v) is 11.8. The number of rotatable bonds is 7. The Morgan fingerprint density at radius 2 is 1.70 bits per heavy atom.